The Labute approximate surface area is 120 Å². The third-order valence-corrected chi connectivity index (χ3v) is 0. The molecule has 0 rings (SSSR count). The van der Waals surface area contributed by atoms with Crippen molar-refractivity contribution in [2.45, 2.75) is 0 Å². The smallest absolute Gasteiger partial charge is 0.391 e. The Kier molecular flexibility index (Phi) is 17.5. The van der Waals surface area contributed by atoms with Crippen molar-refractivity contribution in [3.63, 3.8) is 0 Å². The zero-order valence-corrected chi connectivity index (χ0v) is 14.7. The molecule has 0 atom stereocenters. The van der Waals surface area contributed by atoms with Gasteiger partial charge in [0.05, 0.1) is 0 Å². The van der Waals surface area contributed by atoms with Crippen LogP contribution in [0.2, 0.25) is 0 Å². The molecule has 11 heavy (non-hydrogen) atoms. The molecule has 64 valence electrons. The minimum atomic E-state index is -2.94. The zero-order chi connectivity index (χ0) is 9.00. The summed E-state index contributed by atoms with van der Waals surface area (Å²) >= 11 is 0. The van der Waals surface area contributed by atoms with Crippen molar-refractivity contribution in [3.05, 3.63) is 0 Å². The summed E-state index contributed by atoms with van der Waals surface area (Å²) in [5.41, 5.74) is 0. The van der Waals surface area contributed by atoms with Crippen LogP contribution in [-0.4, -0.2) is 41.8 Å². The second-order valence-corrected chi connectivity index (χ2v) is 26.7. The summed E-state index contributed by atoms with van der Waals surface area (Å²) in [5.74, 6) is 0. The Morgan fingerprint density at radius 2 is 0.455 bits per heavy atom. The van der Waals surface area contributed by atoms with Gasteiger partial charge in [-0.2, -0.15) is 0 Å². The van der Waals surface area contributed by atoms with Crippen molar-refractivity contribution in [1.82, 2.24) is 0 Å². The van der Waals surface area contributed by atoms with Crippen molar-refractivity contribution >= 4 is 122 Å². The van der Waals surface area contributed by atoms with Crippen LogP contribution in [0.1, 0.15) is 0 Å². The number of hydrogen-bond donors (Lipinski definition) is 0. The van der Waals surface area contributed by atoms with Crippen molar-refractivity contribution in [2.24, 2.45) is 0 Å². The third kappa shape index (κ3) is 121. The van der Waals surface area contributed by atoms with Gasteiger partial charge in [0.1, 0.15) is 0 Å². The maximum atomic E-state index is 4.99. The fraction of sp³-hybridized carbons (Fsp3) is 0. The summed E-state index contributed by atoms with van der Waals surface area (Å²) in [5, 5.41) is 0. The second-order valence-electron chi connectivity index (χ2n) is 0.990. The first kappa shape index (κ1) is 20.5. The van der Waals surface area contributed by atoms with Crippen LogP contribution in [0.3, 0.4) is 0 Å². The molecule has 0 nitrogen and oxygen atoms in total. The summed E-state index contributed by atoms with van der Waals surface area (Å²) in [6, 6.07) is 0. The molecule has 0 aliphatic rings. The molecule has 0 aromatic rings. The van der Waals surface area contributed by atoms with Gasteiger partial charge in [-0.1, -0.05) is 0 Å². The average molecular weight is 362 g/mol. The van der Waals surface area contributed by atoms with Gasteiger partial charge >= 0.3 is 41.8 Å². The monoisotopic (exact) mass is 358 g/mol. The Morgan fingerprint density at radius 3 is 0.455 bits per heavy atom. The van der Waals surface area contributed by atoms with Crippen LogP contribution in [-0.2, 0) is 0 Å². The molecule has 0 radical (unpaired) electrons. The van der Waals surface area contributed by atoms with Crippen molar-refractivity contribution < 1.29 is 0 Å². The van der Waals surface area contributed by atoms with Gasteiger partial charge in [-0.05, 0) is 0 Å². The molecule has 0 aromatic carbocycles. The topological polar surface area (TPSA) is 0 Å². The number of halogens is 8. The van der Waals surface area contributed by atoms with E-state index in [1.165, 1.54) is 0 Å². The van der Waals surface area contributed by atoms with Crippen LogP contribution in [0.4, 0.5) is 0 Å². The average Bonchev–Trinajstić information content (AvgIpc) is 1.12. The van der Waals surface area contributed by atoms with E-state index in [-0.39, 0.29) is 23.1 Å². The summed E-state index contributed by atoms with van der Waals surface area (Å²) in [4.78, 5) is 0. The van der Waals surface area contributed by atoms with Crippen molar-refractivity contribution in [1.29, 1.82) is 0 Å². The zero-order valence-electron chi connectivity index (χ0n) is 4.89. The largest absolute Gasteiger partial charge is 2.00 e. The predicted octanol–water partition coefficient (Wildman–Crippen LogP) is 4.37. The molecule has 0 fully saturated rings. The van der Waals surface area contributed by atoms with Gasteiger partial charge in [-0.15, -0.1) is 0 Å². The molecular formula is Al2Cl8Mg. The van der Waals surface area contributed by atoms with E-state index in [1.54, 1.807) is 0 Å². The van der Waals surface area contributed by atoms with Gasteiger partial charge in [-0.3, -0.25) is 0 Å². The van der Waals surface area contributed by atoms with E-state index in [4.69, 9.17) is 80.4 Å². The maximum absolute atomic E-state index is 4.99. The third-order valence-electron chi connectivity index (χ3n) is 0. The minimum Gasteiger partial charge on any atom is -0.391 e. The second kappa shape index (κ2) is 9.38. The normalized spacial score (nSPS) is 10.9. The molecule has 0 unspecified atom stereocenters. The fourth-order valence-corrected chi connectivity index (χ4v) is 0. The quantitative estimate of drug-likeness (QED) is 0.562. The molecular weight excluding hydrogens is 362 g/mol. The van der Waals surface area contributed by atoms with Crippen molar-refractivity contribution in [3.8, 4) is 0 Å². The molecule has 0 bridgehead atoms. The first-order chi connectivity index (χ1) is 4.00. The Morgan fingerprint density at radius 1 is 0.455 bits per heavy atom. The van der Waals surface area contributed by atoms with Gasteiger partial charge in [0, 0.05) is 0 Å². The van der Waals surface area contributed by atoms with E-state index >= 15 is 0 Å². The molecule has 0 saturated heterocycles. The van der Waals surface area contributed by atoms with Crippen LogP contribution in [0, 0.1) is 0 Å². The van der Waals surface area contributed by atoms with Crippen molar-refractivity contribution in [2.75, 3.05) is 0 Å². The van der Waals surface area contributed by atoms with Gasteiger partial charge < -0.3 is 80.4 Å². The molecule has 0 heterocycles. The van der Waals surface area contributed by atoms with Gasteiger partial charge in [0.2, 0.25) is 0 Å². The molecule has 0 amide bonds. The molecule has 0 aliphatic carbocycles. The van der Waals surface area contributed by atoms with Crippen LogP contribution in [0.25, 0.3) is 0 Å². The predicted molar refractivity (Wildman–Crippen MR) is 64.1 cm³/mol. The van der Waals surface area contributed by atoms with Crippen LogP contribution in [0.15, 0.2) is 0 Å². The Bertz CT molecular complexity index is 55.1. The molecule has 0 saturated carbocycles. The Hall–Kier alpha value is 4.15. The van der Waals surface area contributed by atoms with E-state index in [1.807, 2.05) is 0 Å². The molecule has 0 aliphatic heterocycles. The first-order valence-corrected chi connectivity index (χ1v) is 15.7. The van der Waals surface area contributed by atoms with E-state index < -0.39 is 18.8 Å². The molecule has 0 spiro atoms. The van der Waals surface area contributed by atoms with E-state index in [0.29, 0.717) is 0 Å². The minimum absolute atomic E-state index is 0. The number of rotatable bonds is 0. The molecule has 0 aromatic heterocycles. The van der Waals surface area contributed by atoms with Gasteiger partial charge in [-0.25, -0.2) is 0 Å². The Balaban J connectivity index is -0.000000107. The first-order valence-electron chi connectivity index (χ1n) is 1.75. The number of hydrogen-bond acceptors (Lipinski definition) is 0. The molecule has 11 heteroatoms. The standard InChI is InChI=1S/2Al.8ClH.Mg/h;;8*1H;/q2*+3;;;;;;;;;+2/p-8. The summed E-state index contributed by atoms with van der Waals surface area (Å²) in [7, 11) is 34.1. The molecule has 0 N–H and O–H groups in total. The fourth-order valence-electron chi connectivity index (χ4n) is 0. The summed E-state index contributed by atoms with van der Waals surface area (Å²) < 4.78 is 0. The van der Waals surface area contributed by atoms with Crippen LogP contribution in [0.5, 0.6) is 0 Å². The SMILES string of the molecule is [Cl][Al-]([Cl])([Cl])[Cl].[Cl][Al-]([Cl])([Cl])[Cl].[Mg+2]. The van der Waals surface area contributed by atoms with Gasteiger partial charge in [0.15, 0.2) is 0 Å². The van der Waals surface area contributed by atoms with E-state index in [9.17, 15) is 0 Å². The van der Waals surface area contributed by atoms with Crippen LogP contribution < -0.4 is 0 Å². The summed E-state index contributed by atoms with van der Waals surface area (Å²) in [6.45, 7) is 0. The van der Waals surface area contributed by atoms with E-state index in [2.05, 4.69) is 0 Å². The van der Waals surface area contributed by atoms with Crippen LogP contribution >= 0.6 is 80.4 Å². The van der Waals surface area contributed by atoms with E-state index in [0.717, 1.165) is 0 Å². The maximum Gasteiger partial charge on any atom is 2.00 e. The summed E-state index contributed by atoms with van der Waals surface area (Å²) in [6.07, 6.45) is 0. The van der Waals surface area contributed by atoms with Gasteiger partial charge in [0.25, 0.3) is 0 Å².